The van der Waals surface area contributed by atoms with Gasteiger partial charge in [0, 0.05) is 19.1 Å². The van der Waals surface area contributed by atoms with Crippen LogP contribution in [0.2, 0.25) is 0 Å². The maximum absolute atomic E-state index is 10.2. The lowest BCUT2D eigenvalue weighted by atomic mass is 9.74. The number of rotatable bonds is 1. The fraction of sp³-hybridized carbons (Fsp3) is 1.00. The summed E-state index contributed by atoms with van der Waals surface area (Å²) in [5.74, 6) is 1.13. The first kappa shape index (κ1) is 11.9. The highest BCUT2D eigenvalue weighted by molar-refractivity contribution is 4.95. The molecule has 2 N–H and O–H groups in total. The van der Waals surface area contributed by atoms with Gasteiger partial charge in [-0.15, -0.1) is 0 Å². The van der Waals surface area contributed by atoms with Gasteiger partial charge < -0.3 is 15.2 Å². The van der Waals surface area contributed by atoms with Gasteiger partial charge in [-0.1, -0.05) is 12.8 Å². The number of ether oxygens (including phenoxy) is 1. The van der Waals surface area contributed by atoms with Gasteiger partial charge in [-0.05, 0) is 44.6 Å². The molecule has 1 spiro atoms. The summed E-state index contributed by atoms with van der Waals surface area (Å²) in [6.07, 6.45) is 8.34. The van der Waals surface area contributed by atoms with Crippen LogP contribution in [-0.4, -0.2) is 36.5 Å². The molecule has 0 aromatic rings. The first-order valence-electron chi connectivity index (χ1n) is 7.32. The van der Waals surface area contributed by atoms with E-state index >= 15 is 0 Å². The molecule has 1 saturated carbocycles. The number of hydrogen-bond donors (Lipinski definition) is 2. The lowest BCUT2D eigenvalue weighted by Crippen LogP contribution is -2.48. The molecule has 17 heavy (non-hydrogen) atoms. The Morgan fingerprint density at radius 3 is 2.76 bits per heavy atom. The molecule has 3 fully saturated rings. The van der Waals surface area contributed by atoms with Crippen molar-refractivity contribution in [1.29, 1.82) is 0 Å². The average molecular weight is 239 g/mol. The second-order valence-electron chi connectivity index (χ2n) is 6.22. The second kappa shape index (κ2) is 4.87. The van der Waals surface area contributed by atoms with Gasteiger partial charge in [0.25, 0.3) is 0 Å². The largest absolute Gasteiger partial charge is 0.393 e. The summed E-state index contributed by atoms with van der Waals surface area (Å²) < 4.78 is 6.08. The zero-order valence-electron chi connectivity index (χ0n) is 10.7. The standard InChI is InChI=1S/C14H25NO2/c16-13-3-7-15-10-12(13)11-4-8-17-14(9-11)5-1-2-6-14/h11-13,15-16H,1-10H2. The molecule has 3 atom stereocenters. The highest BCUT2D eigenvalue weighted by Gasteiger charge is 2.43. The van der Waals surface area contributed by atoms with Crippen LogP contribution in [-0.2, 0) is 4.74 Å². The van der Waals surface area contributed by atoms with Crippen LogP contribution in [0.3, 0.4) is 0 Å². The number of aliphatic hydroxyl groups excluding tert-OH is 1. The molecule has 98 valence electrons. The minimum Gasteiger partial charge on any atom is -0.393 e. The van der Waals surface area contributed by atoms with Crippen molar-refractivity contribution in [3.63, 3.8) is 0 Å². The first-order valence-corrected chi connectivity index (χ1v) is 7.32. The minimum absolute atomic E-state index is 0.0854. The molecule has 0 amide bonds. The molecule has 3 aliphatic rings. The molecule has 0 aromatic heterocycles. The Balaban J connectivity index is 1.66. The fourth-order valence-electron chi connectivity index (χ4n) is 4.15. The molecule has 2 saturated heterocycles. The predicted molar refractivity (Wildman–Crippen MR) is 66.9 cm³/mol. The summed E-state index contributed by atoms with van der Waals surface area (Å²) in [4.78, 5) is 0. The number of nitrogens with one attached hydrogen (secondary N) is 1. The highest BCUT2D eigenvalue weighted by atomic mass is 16.5. The summed E-state index contributed by atoms with van der Waals surface area (Å²) in [7, 11) is 0. The molecule has 3 unspecified atom stereocenters. The monoisotopic (exact) mass is 239 g/mol. The average Bonchev–Trinajstić information content (AvgIpc) is 2.78. The van der Waals surface area contributed by atoms with Gasteiger partial charge in [0.15, 0.2) is 0 Å². The third-order valence-electron chi connectivity index (χ3n) is 5.14. The van der Waals surface area contributed by atoms with Crippen LogP contribution in [0, 0.1) is 11.8 Å². The lowest BCUT2D eigenvalue weighted by molar-refractivity contribution is -0.113. The Labute approximate surface area is 104 Å². The SMILES string of the molecule is OC1CCNCC1C1CCOC2(CCCC2)C1. The van der Waals surface area contributed by atoms with Crippen LogP contribution < -0.4 is 5.32 Å². The van der Waals surface area contributed by atoms with Crippen molar-refractivity contribution in [2.24, 2.45) is 11.8 Å². The van der Waals surface area contributed by atoms with Crippen molar-refractivity contribution >= 4 is 0 Å². The molecule has 3 heteroatoms. The zero-order valence-corrected chi connectivity index (χ0v) is 10.7. The van der Waals surface area contributed by atoms with Gasteiger partial charge in [-0.25, -0.2) is 0 Å². The summed E-state index contributed by atoms with van der Waals surface area (Å²) >= 11 is 0. The zero-order chi connectivity index (χ0) is 11.7. The van der Waals surface area contributed by atoms with Crippen molar-refractivity contribution in [3.8, 4) is 0 Å². The van der Waals surface area contributed by atoms with Crippen LogP contribution in [0.1, 0.15) is 44.9 Å². The molecule has 2 aliphatic heterocycles. The molecule has 3 rings (SSSR count). The second-order valence-corrected chi connectivity index (χ2v) is 6.22. The molecule has 3 nitrogen and oxygen atoms in total. The van der Waals surface area contributed by atoms with E-state index in [1.807, 2.05) is 0 Å². The van der Waals surface area contributed by atoms with E-state index in [1.165, 1.54) is 32.1 Å². The molecular weight excluding hydrogens is 214 g/mol. The molecular formula is C14H25NO2. The van der Waals surface area contributed by atoms with E-state index in [0.29, 0.717) is 11.8 Å². The van der Waals surface area contributed by atoms with Crippen molar-refractivity contribution in [2.75, 3.05) is 19.7 Å². The highest BCUT2D eigenvalue weighted by Crippen LogP contribution is 2.44. The van der Waals surface area contributed by atoms with Gasteiger partial charge in [0.05, 0.1) is 11.7 Å². The van der Waals surface area contributed by atoms with Gasteiger partial charge in [0.1, 0.15) is 0 Å². The topological polar surface area (TPSA) is 41.5 Å². The molecule has 0 aromatic carbocycles. The van der Waals surface area contributed by atoms with E-state index in [-0.39, 0.29) is 11.7 Å². The minimum atomic E-state index is -0.0854. The third-order valence-corrected chi connectivity index (χ3v) is 5.14. The van der Waals surface area contributed by atoms with Gasteiger partial charge in [0.2, 0.25) is 0 Å². The Bertz CT molecular complexity index is 263. The van der Waals surface area contributed by atoms with E-state index < -0.39 is 0 Å². The third kappa shape index (κ3) is 2.38. The predicted octanol–water partition coefficient (Wildman–Crippen LogP) is 1.70. The quantitative estimate of drug-likeness (QED) is 0.732. The van der Waals surface area contributed by atoms with Crippen molar-refractivity contribution in [1.82, 2.24) is 5.32 Å². The Hall–Kier alpha value is -0.120. The van der Waals surface area contributed by atoms with E-state index in [4.69, 9.17) is 4.74 Å². The lowest BCUT2D eigenvalue weighted by Gasteiger charge is -2.43. The maximum atomic E-state index is 10.2. The number of piperidine rings is 1. The summed E-state index contributed by atoms with van der Waals surface area (Å²) in [6.45, 7) is 2.89. The Kier molecular flexibility index (Phi) is 3.42. The molecule has 0 radical (unpaired) electrons. The van der Waals surface area contributed by atoms with Crippen molar-refractivity contribution in [2.45, 2.75) is 56.7 Å². The van der Waals surface area contributed by atoms with Crippen LogP contribution in [0.4, 0.5) is 0 Å². The Morgan fingerprint density at radius 1 is 1.18 bits per heavy atom. The smallest absolute Gasteiger partial charge is 0.0685 e. The number of hydrogen-bond acceptors (Lipinski definition) is 3. The van der Waals surface area contributed by atoms with Crippen LogP contribution in [0.25, 0.3) is 0 Å². The summed E-state index contributed by atoms with van der Waals surface area (Å²) in [6, 6.07) is 0. The summed E-state index contributed by atoms with van der Waals surface area (Å²) in [5, 5.41) is 13.6. The fourth-order valence-corrected chi connectivity index (χ4v) is 4.15. The van der Waals surface area contributed by atoms with Gasteiger partial charge in [-0.2, -0.15) is 0 Å². The van der Waals surface area contributed by atoms with Crippen LogP contribution in [0.15, 0.2) is 0 Å². The molecule has 1 aliphatic carbocycles. The normalized spacial score (nSPS) is 41.8. The number of aliphatic hydroxyl groups is 1. The molecule has 2 heterocycles. The maximum Gasteiger partial charge on any atom is 0.0685 e. The van der Waals surface area contributed by atoms with Gasteiger partial charge in [-0.3, -0.25) is 0 Å². The first-order chi connectivity index (χ1) is 8.29. The van der Waals surface area contributed by atoms with Crippen LogP contribution in [0.5, 0.6) is 0 Å². The van der Waals surface area contributed by atoms with E-state index in [1.54, 1.807) is 0 Å². The van der Waals surface area contributed by atoms with E-state index in [0.717, 1.165) is 32.5 Å². The van der Waals surface area contributed by atoms with Crippen LogP contribution >= 0.6 is 0 Å². The summed E-state index contributed by atoms with van der Waals surface area (Å²) in [5.41, 5.74) is 0.195. The van der Waals surface area contributed by atoms with Crippen molar-refractivity contribution in [3.05, 3.63) is 0 Å². The van der Waals surface area contributed by atoms with Gasteiger partial charge >= 0.3 is 0 Å². The molecule has 0 bridgehead atoms. The van der Waals surface area contributed by atoms with E-state index in [2.05, 4.69) is 5.32 Å². The van der Waals surface area contributed by atoms with Crippen molar-refractivity contribution < 1.29 is 9.84 Å². The van der Waals surface area contributed by atoms with E-state index in [9.17, 15) is 5.11 Å². The Morgan fingerprint density at radius 2 is 2.00 bits per heavy atom.